The zero-order valence-corrected chi connectivity index (χ0v) is 18.1. The number of nitrogens with zero attached hydrogens (tertiary/aromatic N) is 4. The molecule has 1 unspecified atom stereocenters. The minimum absolute atomic E-state index is 0.0907. The lowest BCUT2D eigenvalue weighted by molar-refractivity contribution is -0.139. The van der Waals surface area contributed by atoms with Gasteiger partial charge in [-0.05, 0) is 25.1 Å². The summed E-state index contributed by atoms with van der Waals surface area (Å²) in [5.74, 6) is -2.67. The van der Waals surface area contributed by atoms with Crippen molar-refractivity contribution < 1.29 is 27.2 Å². The number of aromatic nitrogens is 4. The van der Waals surface area contributed by atoms with E-state index in [1.807, 2.05) is 0 Å². The van der Waals surface area contributed by atoms with Crippen LogP contribution in [0, 0.1) is 5.82 Å². The number of rotatable bonds is 5. The summed E-state index contributed by atoms with van der Waals surface area (Å²) in [7, 11) is 0. The number of thiazole rings is 2. The highest BCUT2D eigenvalue weighted by Crippen LogP contribution is 2.33. The van der Waals surface area contributed by atoms with Gasteiger partial charge in [0.1, 0.15) is 32.4 Å². The molecule has 0 spiro atoms. The van der Waals surface area contributed by atoms with Crippen molar-refractivity contribution >= 4 is 50.5 Å². The highest BCUT2D eigenvalue weighted by molar-refractivity contribution is 7.16. The number of halogens is 4. The average molecular weight is 496 g/mol. The van der Waals surface area contributed by atoms with Gasteiger partial charge in [0.05, 0.1) is 23.3 Å². The molecule has 0 bridgehead atoms. The van der Waals surface area contributed by atoms with E-state index in [0.717, 1.165) is 17.4 Å². The summed E-state index contributed by atoms with van der Waals surface area (Å²) in [6.45, 7) is 1.65. The molecule has 1 atom stereocenters. The molecule has 3 heterocycles. The summed E-state index contributed by atoms with van der Waals surface area (Å²) in [5, 5.41) is 5.38. The smallest absolute Gasteiger partial charge is 0.342 e. The minimum atomic E-state index is -4.90. The highest BCUT2D eigenvalue weighted by atomic mass is 32.1. The fourth-order valence-corrected chi connectivity index (χ4v) is 4.24. The molecule has 0 radical (unpaired) electrons. The van der Waals surface area contributed by atoms with Gasteiger partial charge in [-0.2, -0.15) is 13.2 Å². The topological polar surface area (TPSA) is 110 Å². The zero-order chi connectivity index (χ0) is 23.8. The second-order valence-corrected chi connectivity index (χ2v) is 8.53. The first kappa shape index (κ1) is 22.7. The Morgan fingerprint density at radius 1 is 1.09 bits per heavy atom. The summed E-state index contributed by atoms with van der Waals surface area (Å²) in [6.07, 6.45) is -2.41. The zero-order valence-electron chi connectivity index (χ0n) is 16.5. The van der Waals surface area contributed by atoms with Gasteiger partial charge in [0.15, 0.2) is 5.69 Å². The maximum absolute atomic E-state index is 13.4. The van der Waals surface area contributed by atoms with Crippen LogP contribution in [0.15, 0.2) is 36.2 Å². The minimum Gasteiger partial charge on any atom is -0.342 e. The van der Waals surface area contributed by atoms with Gasteiger partial charge in [-0.15, -0.1) is 22.7 Å². The van der Waals surface area contributed by atoms with Crippen LogP contribution in [-0.4, -0.2) is 31.8 Å². The van der Waals surface area contributed by atoms with Gasteiger partial charge in [-0.1, -0.05) is 0 Å². The Morgan fingerprint density at radius 3 is 2.64 bits per heavy atom. The number of fused-ring (bicyclic) bond motifs is 1. The average Bonchev–Trinajstić information content (AvgIpc) is 3.43. The van der Waals surface area contributed by atoms with Gasteiger partial charge in [0, 0.05) is 5.69 Å². The van der Waals surface area contributed by atoms with Gasteiger partial charge in [0.25, 0.3) is 11.8 Å². The Balaban J connectivity index is 1.46. The molecule has 14 heteroatoms. The lowest BCUT2D eigenvalue weighted by Crippen LogP contribution is -2.27. The van der Waals surface area contributed by atoms with Crippen LogP contribution >= 0.6 is 22.7 Å². The number of amides is 2. The lowest BCUT2D eigenvalue weighted by atomic mass is 10.2. The van der Waals surface area contributed by atoms with Crippen LogP contribution < -0.4 is 10.6 Å². The van der Waals surface area contributed by atoms with Crippen molar-refractivity contribution in [1.29, 1.82) is 0 Å². The maximum atomic E-state index is 13.4. The van der Waals surface area contributed by atoms with Crippen LogP contribution in [0.2, 0.25) is 0 Å². The van der Waals surface area contributed by atoms with E-state index in [-0.39, 0.29) is 16.3 Å². The van der Waals surface area contributed by atoms with Crippen molar-refractivity contribution in [2.24, 2.45) is 0 Å². The molecular weight excluding hydrogens is 484 g/mol. The van der Waals surface area contributed by atoms with Crippen molar-refractivity contribution in [1.82, 2.24) is 25.3 Å². The summed E-state index contributed by atoms with van der Waals surface area (Å²) < 4.78 is 52.0. The number of benzene rings is 1. The normalized spacial score (nSPS) is 12.5. The number of hydrogen-bond donors (Lipinski definition) is 2. The van der Waals surface area contributed by atoms with Crippen LogP contribution in [0.4, 0.5) is 23.2 Å². The number of anilines is 1. The largest absolute Gasteiger partial charge is 0.419 e. The standard InChI is InChI=1S/C19H12F4N6O2S2/c1-8(28-16(31)13-14-18(26-6-25-13)32-7-27-14)17-24-5-12(33-17)15(30)29-9-2-3-11(20)10(4-9)19(21,22)23/h2-8H,1H3,(H,28,31)(H,29,30). The van der Waals surface area contributed by atoms with E-state index in [1.54, 1.807) is 12.4 Å². The summed E-state index contributed by atoms with van der Waals surface area (Å²) in [5.41, 5.74) is 0.300. The van der Waals surface area contributed by atoms with Crippen LogP contribution in [0.25, 0.3) is 10.3 Å². The SMILES string of the molecule is CC(NC(=O)c1ncnc2scnc12)c1ncc(C(=O)Nc2ccc(F)c(C(F)(F)F)c2)s1. The lowest BCUT2D eigenvalue weighted by Gasteiger charge is -2.11. The second-order valence-electron chi connectivity index (χ2n) is 6.63. The van der Waals surface area contributed by atoms with E-state index >= 15 is 0 Å². The molecule has 3 aromatic heterocycles. The first-order valence-corrected chi connectivity index (χ1v) is 10.8. The molecule has 0 aliphatic carbocycles. The molecule has 1 aromatic carbocycles. The molecule has 2 N–H and O–H groups in total. The van der Waals surface area contributed by atoms with Crippen molar-refractivity contribution in [3.8, 4) is 0 Å². The fraction of sp³-hybridized carbons (Fsp3) is 0.158. The number of carbonyl (C=O) groups is 2. The summed E-state index contributed by atoms with van der Waals surface area (Å²) in [6, 6.07) is 1.56. The quantitative estimate of drug-likeness (QED) is 0.395. The maximum Gasteiger partial charge on any atom is 0.419 e. The molecule has 0 aliphatic rings. The molecule has 0 saturated heterocycles. The molecule has 170 valence electrons. The Hall–Kier alpha value is -3.52. The van der Waals surface area contributed by atoms with Gasteiger partial charge < -0.3 is 10.6 Å². The molecule has 33 heavy (non-hydrogen) atoms. The summed E-state index contributed by atoms with van der Waals surface area (Å²) in [4.78, 5) is 41.9. The number of carbonyl (C=O) groups excluding carboxylic acids is 2. The van der Waals surface area contributed by atoms with Crippen LogP contribution in [0.3, 0.4) is 0 Å². The summed E-state index contributed by atoms with van der Waals surface area (Å²) >= 11 is 2.21. The molecule has 0 saturated carbocycles. The molecular formula is C19H12F4N6O2S2. The van der Waals surface area contributed by atoms with Crippen LogP contribution in [0.1, 0.15) is 43.7 Å². The molecule has 0 fully saturated rings. The van der Waals surface area contributed by atoms with Crippen molar-refractivity contribution in [2.45, 2.75) is 19.1 Å². The highest BCUT2D eigenvalue weighted by Gasteiger charge is 2.34. The van der Waals surface area contributed by atoms with E-state index in [9.17, 15) is 27.2 Å². The van der Waals surface area contributed by atoms with Crippen LogP contribution in [0.5, 0.6) is 0 Å². The number of hydrogen-bond acceptors (Lipinski definition) is 8. The third-order valence-electron chi connectivity index (χ3n) is 4.34. The molecule has 0 aliphatic heterocycles. The third-order valence-corrected chi connectivity index (χ3v) is 6.26. The van der Waals surface area contributed by atoms with Gasteiger partial charge in [-0.25, -0.2) is 24.3 Å². The predicted molar refractivity (Wildman–Crippen MR) is 113 cm³/mol. The predicted octanol–water partition coefficient (Wildman–Crippen LogP) is 4.44. The Kier molecular flexibility index (Phi) is 6.03. The monoisotopic (exact) mass is 496 g/mol. The van der Waals surface area contributed by atoms with E-state index < -0.39 is 35.4 Å². The molecule has 2 amide bonds. The Morgan fingerprint density at radius 2 is 1.88 bits per heavy atom. The fourth-order valence-electron chi connectivity index (χ4n) is 2.79. The van der Waals surface area contributed by atoms with Gasteiger partial charge in [-0.3, -0.25) is 9.59 Å². The number of nitrogens with one attached hydrogen (secondary N) is 2. The molecule has 8 nitrogen and oxygen atoms in total. The van der Waals surface area contributed by atoms with E-state index in [1.165, 1.54) is 23.9 Å². The van der Waals surface area contributed by atoms with Crippen molar-refractivity contribution in [3.05, 3.63) is 63.2 Å². The van der Waals surface area contributed by atoms with E-state index in [2.05, 4.69) is 30.6 Å². The van der Waals surface area contributed by atoms with Gasteiger partial charge >= 0.3 is 6.18 Å². The first-order valence-electron chi connectivity index (χ1n) is 9.12. The third kappa shape index (κ3) is 4.80. The second kappa shape index (κ2) is 8.78. The Labute approximate surface area is 190 Å². The molecule has 4 rings (SSSR count). The van der Waals surface area contributed by atoms with Crippen molar-refractivity contribution in [2.75, 3.05) is 5.32 Å². The van der Waals surface area contributed by atoms with E-state index in [4.69, 9.17) is 0 Å². The van der Waals surface area contributed by atoms with E-state index in [0.29, 0.717) is 27.5 Å². The Bertz CT molecular complexity index is 1350. The van der Waals surface area contributed by atoms with Gasteiger partial charge in [0.2, 0.25) is 0 Å². The first-order chi connectivity index (χ1) is 15.6. The van der Waals surface area contributed by atoms with Crippen LogP contribution in [-0.2, 0) is 6.18 Å². The van der Waals surface area contributed by atoms with Crippen molar-refractivity contribution in [3.63, 3.8) is 0 Å². The molecule has 4 aromatic rings. The number of alkyl halides is 3.